The van der Waals surface area contributed by atoms with Crippen LogP contribution in [0.5, 0.6) is 0 Å². The molecule has 3 rings (SSSR count). The van der Waals surface area contributed by atoms with Gasteiger partial charge in [0.1, 0.15) is 12.0 Å². The highest BCUT2D eigenvalue weighted by Crippen LogP contribution is 2.37. The molecule has 2 aliphatic rings. The van der Waals surface area contributed by atoms with Gasteiger partial charge in [-0.1, -0.05) is 31.5 Å². The first-order valence-corrected chi connectivity index (χ1v) is 7.88. The Bertz CT molecular complexity index is 543. The van der Waals surface area contributed by atoms with Gasteiger partial charge in [-0.3, -0.25) is 10.1 Å². The van der Waals surface area contributed by atoms with E-state index in [1.54, 1.807) is 12.1 Å². The lowest BCUT2D eigenvalue weighted by atomic mass is 9.85. The molecule has 2 unspecified atom stereocenters. The Morgan fingerprint density at radius 2 is 2.10 bits per heavy atom. The van der Waals surface area contributed by atoms with Crippen molar-refractivity contribution in [1.29, 1.82) is 0 Å². The van der Waals surface area contributed by atoms with Gasteiger partial charge in [-0.05, 0) is 38.2 Å². The minimum Gasteiger partial charge on any atom is -0.321 e. The van der Waals surface area contributed by atoms with Crippen LogP contribution in [0.15, 0.2) is 24.3 Å². The molecule has 1 saturated heterocycles. The van der Waals surface area contributed by atoms with E-state index in [4.69, 9.17) is 0 Å². The summed E-state index contributed by atoms with van der Waals surface area (Å²) in [6.07, 6.45) is 3.96. The highest BCUT2D eigenvalue weighted by Gasteiger charge is 2.48. The van der Waals surface area contributed by atoms with E-state index in [0.29, 0.717) is 17.9 Å². The van der Waals surface area contributed by atoms with Gasteiger partial charge in [0.2, 0.25) is 5.91 Å². The van der Waals surface area contributed by atoms with Crippen molar-refractivity contribution in [2.45, 2.75) is 51.2 Å². The Balaban J connectivity index is 1.92. The maximum Gasteiger partial charge on any atom is 0.244 e. The minimum atomic E-state index is -0.587. The quantitative estimate of drug-likeness (QED) is 0.923. The van der Waals surface area contributed by atoms with E-state index in [1.165, 1.54) is 25.3 Å². The van der Waals surface area contributed by atoms with E-state index in [1.807, 2.05) is 24.8 Å². The summed E-state index contributed by atoms with van der Waals surface area (Å²) in [5.74, 6) is 0.427. The molecule has 2 fully saturated rings. The van der Waals surface area contributed by atoms with Crippen molar-refractivity contribution in [3.8, 4) is 0 Å². The Kier molecular flexibility index (Phi) is 3.74. The van der Waals surface area contributed by atoms with Crippen molar-refractivity contribution < 1.29 is 9.18 Å². The summed E-state index contributed by atoms with van der Waals surface area (Å²) in [6, 6.07) is 6.75. The summed E-state index contributed by atoms with van der Waals surface area (Å²) in [6.45, 7) is 4.65. The van der Waals surface area contributed by atoms with Gasteiger partial charge in [0.05, 0.1) is 5.54 Å². The molecule has 0 bridgehead atoms. The molecule has 1 heterocycles. The molecule has 1 saturated carbocycles. The highest BCUT2D eigenvalue weighted by molar-refractivity contribution is 5.88. The third-order valence-corrected chi connectivity index (χ3v) is 5.09. The van der Waals surface area contributed by atoms with Crippen LogP contribution in [-0.2, 0) is 4.79 Å². The summed E-state index contributed by atoms with van der Waals surface area (Å²) >= 11 is 0. The van der Waals surface area contributed by atoms with Crippen molar-refractivity contribution >= 4 is 5.91 Å². The van der Waals surface area contributed by atoms with Crippen molar-refractivity contribution in [3.63, 3.8) is 0 Å². The first kappa shape index (κ1) is 14.5. The second kappa shape index (κ2) is 5.41. The molecule has 0 spiro atoms. The Hall–Kier alpha value is -1.42. The predicted molar refractivity (Wildman–Crippen MR) is 80.0 cm³/mol. The van der Waals surface area contributed by atoms with E-state index >= 15 is 0 Å². The number of hydrogen-bond acceptors (Lipinski definition) is 2. The lowest BCUT2D eigenvalue weighted by Crippen LogP contribution is -2.43. The number of benzene rings is 1. The average Bonchev–Trinajstić information content (AvgIpc) is 2.68. The van der Waals surface area contributed by atoms with Crippen molar-refractivity contribution in [3.05, 3.63) is 35.6 Å². The minimum absolute atomic E-state index is 0.102. The molecule has 3 nitrogen and oxygen atoms in total. The Morgan fingerprint density at radius 1 is 1.38 bits per heavy atom. The van der Waals surface area contributed by atoms with Crippen LogP contribution < -0.4 is 5.32 Å². The molecule has 114 valence electrons. The second-order valence-electron chi connectivity index (χ2n) is 6.51. The maximum atomic E-state index is 14.2. The third-order valence-electron chi connectivity index (χ3n) is 5.09. The molecule has 1 aliphatic carbocycles. The van der Waals surface area contributed by atoms with Crippen molar-refractivity contribution in [1.82, 2.24) is 10.2 Å². The Morgan fingerprint density at radius 3 is 2.67 bits per heavy atom. The van der Waals surface area contributed by atoms with Crippen molar-refractivity contribution in [2.24, 2.45) is 5.92 Å². The van der Waals surface area contributed by atoms with E-state index in [-0.39, 0.29) is 17.9 Å². The number of nitrogens with one attached hydrogen (secondary N) is 1. The molecule has 0 aromatic heterocycles. The van der Waals surface area contributed by atoms with Gasteiger partial charge in [-0.25, -0.2) is 4.39 Å². The van der Waals surface area contributed by atoms with Crippen LogP contribution in [0, 0.1) is 11.7 Å². The first-order chi connectivity index (χ1) is 10.0. The van der Waals surface area contributed by atoms with Crippen LogP contribution in [0.2, 0.25) is 0 Å². The number of carbonyl (C=O) groups is 1. The maximum absolute atomic E-state index is 14.2. The molecule has 1 aliphatic heterocycles. The number of hydrogen-bond donors (Lipinski definition) is 1. The van der Waals surface area contributed by atoms with Gasteiger partial charge in [0.15, 0.2) is 0 Å². The van der Waals surface area contributed by atoms with Crippen molar-refractivity contribution in [2.75, 3.05) is 6.54 Å². The zero-order valence-corrected chi connectivity index (χ0v) is 12.7. The molecule has 2 atom stereocenters. The molecule has 4 heteroatoms. The number of carbonyl (C=O) groups excluding carboxylic acids is 1. The van der Waals surface area contributed by atoms with Gasteiger partial charge in [0, 0.05) is 12.1 Å². The fourth-order valence-electron chi connectivity index (χ4n) is 3.21. The zero-order valence-electron chi connectivity index (χ0n) is 12.7. The van der Waals surface area contributed by atoms with Gasteiger partial charge >= 0.3 is 0 Å². The zero-order chi connectivity index (χ0) is 15.0. The standard InChI is InChI=1S/C17H23FN2O/c1-3-17(2)16(21)20(11-12-7-6-8-12)15(19-17)13-9-4-5-10-14(13)18/h4-5,9-10,12,15,19H,3,6-8,11H2,1-2H3. The van der Waals surface area contributed by atoms with Crippen LogP contribution in [0.3, 0.4) is 0 Å². The largest absolute Gasteiger partial charge is 0.321 e. The fourth-order valence-corrected chi connectivity index (χ4v) is 3.21. The molecule has 1 amide bonds. The topological polar surface area (TPSA) is 32.3 Å². The summed E-state index contributed by atoms with van der Waals surface area (Å²) in [7, 11) is 0. The van der Waals surface area contributed by atoms with Crippen LogP contribution in [-0.4, -0.2) is 22.9 Å². The van der Waals surface area contributed by atoms with Crippen LogP contribution in [0.25, 0.3) is 0 Å². The summed E-state index contributed by atoms with van der Waals surface area (Å²) in [4.78, 5) is 14.6. The van der Waals surface area contributed by atoms with E-state index in [9.17, 15) is 9.18 Å². The Labute approximate surface area is 125 Å². The number of rotatable bonds is 4. The smallest absolute Gasteiger partial charge is 0.244 e. The fraction of sp³-hybridized carbons (Fsp3) is 0.588. The second-order valence-corrected chi connectivity index (χ2v) is 6.51. The van der Waals surface area contributed by atoms with Gasteiger partial charge in [0.25, 0.3) is 0 Å². The lowest BCUT2D eigenvalue weighted by Gasteiger charge is -2.33. The summed E-state index contributed by atoms with van der Waals surface area (Å²) in [5.41, 5.74) is -0.0150. The van der Waals surface area contributed by atoms with Gasteiger partial charge in [-0.2, -0.15) is 0 Å². The van der Waals surface area contributed by atoms with Crippen LogP contribution in [0.1, 0.15) is 51.3 Å². The monoisotopic (exact) mass is 290 g/mol. The van der Waals surface area contributed by atoms with Gasteiger partial charge in [-0.15, -0.1) is 0 Å². The summed E-state index contributed by atoms with van der Waals surface area (Å²) < 4.78 is 14.2. The molecule has 21 heavy (non-hydrogen) atoms. The number of amides is 1. The SMILES string of the molecule is CCC1(C)NC(c2ccccc2F)N(CC2CCC2)C1=O. The molecule has 1 aromatic carbocycles. The van der Waals surface area contributed by atoms with E-state index in [0.717, 1.165) is 6.54 Å². The van der Waals surface area contributed by atoms with Crippen LogP contribution in [0.4, 0.5) is 4.39 Å². The normalized spacial score (nSPS) is 29.8. The predicted octanol–water partition coefficient (Wildman–Crippen LogP) is 3.22. The van der Waals surface area contributed by atoms with E-state index < -0.39 is 5.54 Å². The third kappa shape index (κ3) is 2.46. The lowest BCUT2D eigenvalue weighted by molar-refractivity contribution is -0.134. The molecular formula is C17H23FN2O. The molecule has 1 aromatic rings. The molecular weight excluding hydrogens is 267 g/mol. The first-order valence-electron chi connectivity index (χ1n) is 7.88. The van der Waals surface area contributed by atoms with Gasteiger partial charge < -0.3 is 4.90 Å². The van der Waals surface area contributed by atoms with E-state index in [2.05, 4.69) is 5.32 Å². The summed E-state index contributed by atoms with van der Waals surface area (Å²) in [5, 5.41) is 3.36. The highest BCUT2D eigenvalue weighted by atomic mass is 19.1. The number of halogens is 1. The molecule has 1 N–H and O–H groups in total. The number of nitrogens with zero attached hydrogens (tertiary/aromatic N) is 1. The average molecular weight is 290 g/mol. The molecule has 0 radical (unpaired) electrons. The van der Waals surface area contributed by atoms with Crippen LogP contribution >= 0.6 is 0 Å².